The maximum absolute atomic E-state index is 10.9. The van der Waals surface area contributed by atoms with Crippen LogP contribution in [0.2, 0.25) is 0 Å². The first-order valence-electron chi connectivity index (χ1n) is 6.18. The number of nitro groups is 1. The normalized spacial score (nSPS) is 11.9. The van der Waals surface area contributed by atoms with Crippen molar-refractivity contribution in [1.29, 1.82) is 0 Å². The zero-order chi connectivity index (χ0) is 15.1. The van der Waals surface area contributed by atoms with E-state index < -0.39 is 10.9 Å². The molecule has 0 bridgehead atoms. The lowest BCUT2D eigenvalue weighted by Crippen LogP contribution is -2.19. The van der Waals surface area contributed by atoms with Crippen LogP contribution >= 0.6 is 11.8 Å². The minimum atomic E-state index is -1.21. The van der Waals surface area contributed by atoms with Gasteiger partial charge in [0.1, 0.15) is 0 Å². The lowest BCUT2D eigenvalue weighted by atomic mass is 10.2. The van der Waals surface area contributed by atoms with Crippen molar-refractivity contribution in [3.8, 4) is 0 Å². The van der Waals surface area contributed by atoms with E-state index in [-0.39, 0.29) is 23.2 Å². The van der Waals surface area contributed by atoms with Crippen molar-refractivity contribution in [2.75, 3.05) is 16.8 Å². The number of carboxylic acid groups (broad SMARTS) is 1. The second-order valence-electron chi connectivity index (χ2n) is 4.16. The number of hydrogen-bond acceptors (Lipinski definition) is 6. The first-order chi connectivity index (χ1) is 9.45. The summed E-state index contributed by atoms with van der Waals surface area (Å²) in [5.41, 5.74) is -0.432. The Morgan fingerprint density at radius 2 is 2.30 bits per heavy atom. The molecule has 1 aromatic heterocycles. The van der Waals surface area contributed by atoms with E-state index in [0.29, 0.717) is 0 Å². The molecule has 1 heterocycles. The number of thioether (sulfide) groups is 1. The van der Waals surface area contributed by atoms with E-state index in [0.717, 1.165) is 30.1 Å². The van der Waals surface area contributed by atoms with Gasteiger partial charge in [0, 0.05) is 12.1 Å². The lowest BCUT2D eigenvalue weighted by molar-refractivity contribution is -0.384. The maximum atomic E-state index is 10.9. The number of rotatable bonds is 8. The van der Waals surface area contributed by atoms with Crippen molar-refractivity contribution in [1.82, 2.24) is 4.98 Å². The van der Waals surface area contributed by atoms with Gasteiger partial charge in [-0.15, -0.1) is 0 Å². The third kappa shape index (κ3) is 4.69. The summed E-state index contributed by atoms with van der Waals surface area (Å²) in [5, 5.41) is 22.7. The highest BCUT2D eigenvalue weighted by molar-refractivity contribution is 7.99. The fourth-order valence-electron chi connectivity index (χ4n) is 1.53. The molecular weight excluding hydrogens is 282 g/mol. The Kier molecular flexibility index (Phi) is 6.23. The highest BCUT2D eigenvalue weighted by Crippen LogP contribution is 2.23. The van der Waals surface area contributed by atoms with Gasteiger partial charge in [-0.1, -0.05) is 6.92 Å². The van der Waals surface area contributed by atoms with Gasteiger partial charge in [-0.3, -0.25) is 10.1 Å². The molecule has 0 radical (unpaired) electrons. The minimum Gasteiger partial charge on any atom is -0.477 e. The van der Waals surface area contributed by atoms with Crippen molar-refractivity contribution >= 4 is 29.2 Å². The summed E-state index contributed by atoms with van der Waals surface area (Å²) < 4.78 is 0. The molecule has 0 amide bonds. The lowest BCUT2D eigenvalue weighted by Gasteiger charge is -2.14. The van der Waals surface area contributed by atoms with Crippen LogP contribution in [-0.4, -0.2) is 38.5 Å². The average Bonchev–Trinajstić information content (AvgIpc) is 2.38. The number of aromatic carboxylic acids is 1. The summed E-state index contributed by atoms with van der Waals surface area (Å²) in [6, 6.07) is 2.26. The molecule has 7 nitrogen and oxygen atoms in total. The minimum absolute atomic E-state index is 0.00361. The molecule has 1 rings (SSSR count). The van der Waals surface area contributed by atoms with Crippen LogP contribution < -0.4 is 5.32 Å². The standard InChI is InChI=1S/C12H17N3O4S/c1-3-20-7-6-8(2)13-11-10(15(18)19)5-4-9(14-11)12(16)17/h4-5,8H,3,6-7H2,1-2H3,(H,13,14)(H,16,17). The van der Waals surface area contributed by atoms with E-state index >= 15 is 0 Å². The first kappa shape index (κ1) is 16.2. The van der Waals surface area contributed by atoms with Crippen LogP contribution in [0.3, 0.4) is 0 Å². The van der Waals surface area contributed by atoms with Crippen LogP contribution in [0.4, 0.5) is 11.5 Å². The molecule has 0 spiro atoms. The van der Waals surface area contributed by atoms with E-state index in [1.807, 2.05) is 6.92 Å². The predicted molar refractivity (Wildman–Crippen MR) is 78.6 cm³/mol. The maximum Gasteiger partial charge on any atom is 0.354 e. The molecule has 1 unspecified atom stereocenters. The molecule has 110 valence electrons. The molecule has 0 aliphatic rings. The van der Waals surface area contributed by atoms with Crippen LogP contribution in [0.25, 0.3) is 0 Å². The summed E-state index contributed by atoms with van der Waals surface area (Å²) in [7, 11) is 0. The smallest absolute Gasteiger partial charge is 0.354 e. The number of nitrogens with one attached hydrogen (secondary N) is 1. The van der Waals surface area contributed by atoms with Gasteiger partial charge in [-0.25, -0.2) is 9.78 Å². The second kappa shape index (κ2) is 7.68. The molecule has 20 heavy (non-hydrogen) atoms. The average molecular weight is 299 g/mol. The summed E-state index contributed by atoms with van der Waals surface area (Å²) in [6.45, 7) is 3.94. The van der Waals surface area contributed by atoms with E-state index in [1.165, 1.54) is 0 Å². The molecule has 8 heteroatoms. The van der Waals surface area contributed by atoms with E-state index in [1.54, 1.807) is 11.8 Å². The van der Waals surface area contributed by atoms with E-state index in [2.05, 4.69) is 17.2 Å². The molecule has 1 atom stereocenters. The summed E-state index contributed by atoms with van der Waals surface area (Å²) in [4.78, 5) is 25.0. The fourth-order valence-corrected chi connectivity index (χ4v) is 2.34. The number of carboxylic acids is 1. The summed E-state index contributed by atoms with van der Waals surface area (Å²) >= 11 is 1.78. The molecule has 2 N–H and O–H groups in total. The number of nitrogens with zero attached hydrogens (tertiary/aromatic N) is 2. The van der Waals surface area contributed by atoms with Gasteiger partial charge in [0.25, 0.3) is 0 Å². The van der Waals surface area contributed by atoms with Crippen molar-refractivity contribution < 1.29 is 14.8 Å². The van der Waals surface area contributed by atoms with Crippen LogP contribution in [0.5, 0.6) is 0 Å². The van der Waals surface area contributed by atoms with Crippen molar-refractivity contribution in [3.63, 3.8) is 0 Å². The fraction of sp³-hybridized carbons (Fsp3) is 0.500. The third-order valence-corrected chi connectivity index (χ3v) is 3.50. The van der Waals surface area contributed by atoms with Crippen molar-refractivity contribution in [3.05, 3.63) is 27.9 Å². The Morgan fingerprint density at radius 1 is 1.60 bits per heavy atom. The predicted octanol–water partition coefficient (Wildman–Crippen LogP) is 2.63. The number of pyridine rings is 1. The Bertz CT molecular complexity index is 496. The molecule has 0 aliphatic carbocycles. The highest BCUT2D eigenvalue weighted by Gasteiger charge is 2.19. The van der Waals surface area contributed by atoms with Crippen LogP contribution in [-0.2, 0) is 0 Å². The van der Waals surface area contributed by atoms with Crippen LogP contribution in [0, 0.1) is 10.1 Å². The Labute approximate surface area is 120 Å². The van der Waals surface area contributed by atoms with Gasteiger partial charge in [0.2, 0.25) is 5.82 Å². The number of anilines is 1. The van der Waals surface area contributed by atoms with Crippen molar-refractivity contribution in [2.45, 2.75) is 26.3 Å². The Balaban J connectivity index is 2.87. The van der Waals surface area contributed by atoms with Gasteiger partial charge in [0.15, 0.2) is 5.69 Å². The molecule has 0 saturated heterocycles. The monoisotopic (exact) mass is 299 g/mol. The summed E-state index contributed by atoms with van der Waals surface area (Å²) in [6.07, 6.45) is 0.814. The van der Waals surface area contributed by atoms with Gasteiger partial charge in [-0.2, -0.15) is 11.8 Å². The SMILES string of the molecule is CCSCCC(C)Nc1nc(C(=O)O)ccc1[N+](=O)[O-]. The van der Waals surface area contributed by atoms with Crippen LogP contribution in [0.1, 0.15) is 30.8 Å². The summed E-state index contributed by atoms with van der Waals surface area (Å²) in [5.74, 6) is 0.734. The molecule has 1 aromatic rings. The Morgan fingerprint density at radius 3 is 2.85 bits per heavy atom. The number of aromatic nitrogens is 1. The first-order valence-corrected chi connectivity index (χ1v) is 7.34. The van der Waals surface area contributed by atoms with Gasteiger partial charge in [0.05, 0.1) is 4.92 Å². The molecule has 0 aliphatic heterocycles. The zero-order valence-corrected chi connectivity index (χ0v) is 12.1. The molecule has 0 fully saturated rings. The largest absolute Gasteiger partial charge is 0.477 e. The number of hydrogen-bond donors (Lipinski definition) is 2. The third-order valence-electron chi connectivity index (χ3n) is 2.57. The zero-order valence-electron chi connectivity index (χ0n) is 11.3. The van der Waals surface area contributed by atoms with Crippen molar-refractivity contribution in [2.24, 2.45) is 0 Å². The number of carbonyl (C=O) groups is 1. The van der Waals surface area contributed by atoms with Gasteiger partial charge < -0.3 is 10.4 Å². The van der Waals surface area contributed by atoms with E-state index in [4.69, 9.17) is 5.11 Å². The molecule has 0 saturated carbocycles. The van der Waals surface area contributed by atoms with Gasteiger partial charge >= 0.3 is 11.7 Å². The Hall–Kier alpha value is -1.83. The highest BCUT2D eigenvalue weighted by atomic mass is 32.2. The van der Waals surface area contributed by atoms with E-state index in [9.17, 15) is 14.9 Å². The molecule has 0 aromatic carbocycles. The second-order valence-corrected chi connectivity index (χ2v) is 5.55. The molecular formula is C12H17N3O4S. The van der Waals surface area contributed by atoms with Crippen LogP contribution in [0.15, 0.2) is 12.1 Å². The quantitative estimate of drug-likeness (QED) is 0.432. The van der Waals surface area contributed by atoms with Gasteiger partial charge in [-0.05, 0) is 30.9 Å². The topological polar surface area (TPSA) is 105 Å².